The third-order valence-electron chi connectivity index (χ3n) is 6.10. The van der Waals surface area contributed by atoms with Crippen molar-refractivity contribution < 1.29 is 14.0 Å². The molecule has 0 N–H and O–H groups in total. The van der Waals surface area contributed by atoms with E-state index >= 15 is 0 Å². The number of thioether (sulfide) groups is 1. The quantitative estimate of drug-likeness (QED) is 0.577. The predicted octanol–water partition coefficient (Wildman–Crippen LogP) is 4.59. The lowest BCUT2D eigenvalue weighted by molar-refractivity contribution is -0.123. The second-order valence-corrected chi connectivity index (χ2v) is 9.47. The Hall–Kier alpha value is -3.63. The van der Waals surface area contributed by atoms with E-state index in [0.717, 1.165) is 11.1 Å². The van der Waals surface area contributed by atoms with Gasteiger partial charge in [0.15, 0.2) is 4.87 Å². The van der Waals surface area contributed by atoms with Crippen LogP contribution >= 0.6 is 11.8 Å². The van der Waals surface area contributed by atoms with Crippen LogP contribution in [0.4, 0.5) is 10.1 Å². The van der Waals surface area contributed by atoms with Crippen molar-refractivity contribution in [1.82, 2.24) is 4.90 Å². The molecular weight excluding hydrogens is 437 g/mol. The van der Waals surface area contributed by atoms with E-state index in [4.69, 9.17) is 0 Å². The number of halogens is 1. The van der Waals surface area contributed by atoms with Gasteiger partial charge >= 0.3 is 0 Å². The van der Waals surface area contributed by atoms with Crippen molar-refractivity contribution in [3.8, 4) is 6.07 Å². The number of benzene rings is 3. The zero-order chi connectivity index (χ0) is 23.2. The highest BCUT2D eigenvalue weighted by molar-refractivity contribution is 8.01. The standard InChI is InChI=1S/C26H20FN3O2S/c1-17-5-7-20(8-6-17)24(31)30-11-12-33-26(30)22-14-21(27)9-10-23(22)29(25(26)32)16-19-4-2-3-18(13-19)15-28/h2-10,13-14H,11-12,16H2,1H3/t26-/m1/s1. The minimum Gasteiger partial charge on any atom is -0.311 e. The molecule has 2 amide bonds. The normalized spacial score (nSPS) is 19.1. The molecule has 0 radical (unpaired) electrons. The number of carbonyl (C=O) groups is 2. The number of hydrogen-bond acceptors (Lipinski definition) is 4. The number of hydrogen-bond donors (Lipinski definition) is 0. The maximum atomic E-state index is 14.4. The zero-order valence-corrected chi connectivity index (χ0v) is 18.7. The summed E-state index contributed by atoms with van der Waals surface area (Å²) in [5, 5.41) is 9.23. The van der Waals surface area contributed by atoms with Gasteiger partial charge in [-0.15, -0.1) is 11.8 Å². The summed E-state index contributed by atoms with van der Waals surface area (Å²) < 4.78 is 14.4. The molecule has 3 aromatic rings. The smallest absolute Gasteiger partial charge is 0.268 e. The van der Waals surface area contributed by atoms with Gasteiger partial charge in [0.25, 0.3) is 11.8 Å². The number of carbonyl (C=O) groups excluding carboxylic acids is 2. The third kappa shape index (κ3) is 3.38. The Morgan fingerprint density at radius 3 is 2.70 bits per heavy atom. The van der Waals surface area contributed by atoms with Crippen LogP contribution in [0.5, 0.6) is 0 Å². The van der Waals surface area contributed by atoms with Crippen molar-refractivity contribution in [3.05, 3.63) is 100 Å². The first-order chi connectivity index (χ1) is 15.9. The SMILES string of the molecule is Cc1ccc(C(=O)N2CCS[C@]23C(=O)N(Cc2cccc(C#N)c2)c2ccc(F)cc23)cc1. The van der Waals surface area contributed by atoms with Crippen LogP contribution < -0.4 is 4.90 Å². The van der Waals surface area contributed by atoms with Gasteiger partial charge < -0.3 is 9.80 Å². The monoisotopic (exact) mass is 457 g/mol. The molecule has 164 valence electrons. The minimum atomic E-state index is -1.31. The van der Waals surface area contributed by atoms with E-state index in [-0.39, 0.29) is 18.4 Å². The molecule has 0 unspecified atom stereocenters. The fraction of sp³-hybridized carbons (Fsp3) is 0.192. The maximum absolute atomic E-state index is 14.4. The Kier molecular flexibility index (Phi) is 5.18. The lowest BCUT2D eigenvalue weighted by Crippen LogP contribution is -2.50. The number of amides is 2. The molecule has 2 aliphatic rings. The fourth-order valence-corrected chi connectivity index (χ4v) is 5.97. The number of anilines is 1. The lowest BCUT2D eigenvalue weighted by atomic mass is 10.0. The molecule has 3 aromatic carbocycles. The summed E-state index contributed by atoms with van der Waals surface area (Å²) in [6.45, 7) is 2.55. The summed E-state index contributed by atoms with van der Waals surface area (Å²) >= 11 is 1.36. The number of nitrogens with zero attached hydrogens (tertiary/aromatic N) is 3. The molecule has 1 atom stereocenters. The van der Waals surface area contributed by atoms with Gasteiger partial charge in [-0.05, 0) is 55.0 Å². The van der Waals surface area contributed by atoms with Crippen LogP contribution in [0.25, 0.3) is 0 Å². The number of nitriles is 1. The molecule has 1 saturated heterocycles. The highest BCUT2D eigenvalue weighted by atomic mass is 32.2. The van der Waals surface area contributed by atoms with Gasteiger partial charge in [-0.2, -0.15) is 5.26 Å². The van der Waals surface area contributed by atoms with E-state index in [1.807, 2.05) is 25.1 Å². The van der Waals surface area contributed by atoms with Gasteiger partial charge in [0.2, 0.25) is 0 Å². The number of rotatable bonds is 3. The van der Waals surface area contributed by atoms with E-state index in [2.05, 4.69) is 6.07 Å². The van der Waals surface area contributed by atoms with E-state index in [1.165, 1.54) is 23.9 Å². The van der Waals surface area contributed by atoms with E-state index in [1.54, 1.807) is 46.2 Å². The van der Waals surface area contributed by atoms with Crippen LogP contribution in [0.1, 0.15) is 32.6 Å². The number of fused-ring (bicyclic) bond motifs is 2. The average molecular weight is 458 g/mol. The molecule has 2 aliphatic heterocycles. The summed E-state index contributed by atoms with van der Waals surface area (Å²) in [5.41, 5.74) is 3.89. The first-order valence-corrected chi connectivity index (χ1v) is 11.6. The molecule has 1 spiro atoms. The summed E-state index contributed by atoms with van der Waals surface area (Å²) in [6.07, 6.45) is 0. The Balaban J connectivity index is 1.59. The molecule has 0 saturated carbocycles. The van der Waals surface area contributed by atoms with Crippen molar-refractivity contribution in [2.75, 3.05) is 17.2 Å². The molecule has 5 rings (SSSR count). The number of aryl methyl sites for hydroxylation is 1. The fourth-order valence-electron chi connectivity index (χ4n) is 4.52. The average Bonchev–Trinajstić information content (AvgIpc) is 3.36. The first-order valence-electron chi connectivity index (χ1n) is 10.6. The van der Waals surface area contributed by atoms with E-state index in [0.29, 0.717) is 34.7 Å². The van der Waals surface area contributed by atoms with Crippen LogP contribution in [0.2, 0.25) is 0 Å². The lowest BCUT2D eigenvalue weighted by Gasteiger charge is -2.33. The zero-order valence-electron chi connectivity index (χ0n) is 17.9. The molecule has 1 fully saturated rings. The van der Waals surface area contributed by atoms with Crippen molar-refractivity contribution in [2.24, 2.45) is 0 Å². The molecule has 33 heavy (non-hydrogen) atoms. The van der Waals surface area contributed by atoms with Crippen LogP contribution in [0, 0.1) is 24.1 Å². The van der Waals surface area contributed by atoms with Gasteiger partial charge in [-0.25, -0.2) is 4.39 Å². The molecule has 0 aliphatic carbocycles. The second-order valence-electron chi connectivity index (χ2n) is 8.18. The summed E-state index contributed by atoms with van der Waals surface area (Å²) in [6, 6.07) is 20.7. The Morgan fingerprint density at radius 1 is 1.15 bits per heavy atom. The van der Waals surface area contributed by atoms with Crippen LogP contribution in [0.15, 0.2) is 66.7 Å². The molecule has 5 nitrogen and oxygen atoms in total. The van der Waals surface area contributed by atoms with Crippen LogP contribution in [-0.2, 0) is 16.2 Å². The minimum absolute atomic E-state index is 0.224. The van der Waals surface area contributed by atoms with E-state index in [9.17, 15) is 19.2 Å². The van der Waals surface area contributed by atoms with Crippen molar-refractivity contribution in [3.63, 3.8) is 0 Å². The highest BCUT2D eigenvalue weighted by Gasteiger charge is 2.59. The van der Waals surface area contributed by atoms with E-state index < -0.39 is 10.7 Å². The van der Waals surface area contributed by atoms with Gasteiger partial charge in [-0.1, -0.05) is 29.8 Å². The van der Waals surface area contributed by atoms with Crippen molar-refractivity contribution >= 4 is 29.3 Å². The van der Waals surface area contributed by atoms with Gasteiger partial charge in [0.05, 0.1) is 23.9 Å². The third-order valence-corrected chi connectivity index (χ3v) is 7.52. The maximum Gasteiger partial charge on any atom is 0.268 e. The van der Waals surface area contributed by atoms with Gasteiger partial charge in [-0.3, -0.25) is 9.59 Å². The van der Waals surface area contributed by atoms with Gasteiger partial charge in [0.1, 0.15) is 5.82 Å². The Labute approximate surface area is 195 Å². The molecule has 2 heterocycles. The topological polar surface area (TPSA) is 64.4 Å². The van der Waals surface area contributed by atoms with Crippen molar-refractivity contribution in [2.45, 2.75) is 18.3 Å². The summed E-state index contributed by atoms with van der Waals surface area (Å²) in [5.74, 6) is -0.411. The van der Waals surface area contributed by atoms with Crippen LogP contribution in [0.3, 0.4) is 0 Å². The molecule has 0 aromatic heterocycles. The second kappa shape index (κ2) is 8.05. The summed E-state index contributed by atoms with van der Waals surface area (Å²) in [4.78, 5) is 29.4. The Bertz CT molecular complexity index is 1320. The molecule has 0 bridgehead atoms. The van der Waals surface area contributed by atoms with Gasteiger partial charge in [0, 0.05) is 23.4 Å². The molecular formula is C26H20FN3O2S. The first kappa shape index (κ1) is 21.2. The molecule has 7 heteroatoms. The highest BCUT2D eigenvalue weighted by Crippen LogP contribution is 2.54. The summed E-state index contributed by atoms with van der Waals surface area (Å²) in [7, 11) is 0. The largest absolute Gasteiger partial charge is 0.311 e. The van der Waals surface area contributed by atoms with Crippen LogP contribution in [-0.4, -0.2) is 29.0 Å². The predicted molar refractivity (Wildman–Crippen MR) is 125 cm³/mol. The van der Waals surface area contributed by atoms with Crippen molar-refractivity contribution in [1.29, 1.82) is 5.26 Å². The Morgan fingerprint density at radius 2 is 1.94 bits per heavy atom.